The van der Waals surface area contributed by atoms with Gasteiger partial charge in [0.1, 0.15) is 17.9 Å². The number of fused-ring (bicyclic) bond motifs is 1. The van der Waals surface area contributed by atoms with Gasteiger partial charge >= 0.3 is 5.63 Å². The largest absolute Gasteiger partial charge is 0.490 e. The topological polar surface area (TPSA) is 75.0 Å². The summed E-state index contributed by atoms with van der Waals surface area (Å²) in [5.74, 6) is 1.13. The molecule has 2 aromatic rings. The van der Waals surface area contributed by atoms with E-state index in [0.717, 1.165) is 11.8 Å². The summed E-state index contributed by atoms with van der Waals surface area (Å²) in [7, 11) is 0. The van der Waals surface area contributed by atoms with Crippen molar-refractivity contribution in [3.8, 4) is 5.75 Å². The van der Waals surface area contributed by atoms with Crippen molar-refractivity contribution in [3.63, 3.8) is 0 Å². The molecule has 1 unspecified atom stereocenters. The number of hydrogen-bond donors (Lipinski definition) is 0. The summed E-state index contributed by atoms with van der Waals surface area (Å²) >= 11 is 3.51. The number of ether oxygens (including phenoxy) is 3. The van der Waals surface area contributed by atoms with Crippen LogP contribution in [0.1, 0.15) is 20.3 Å². The van der Waals surface area contributed by atoms with Crippen LogP contribution >= 0.6 is 34.4 Å². The molecule has 0 amide bonds. The van der Waals surface area contributed by atoms with Crippen molar-refractivity contribution in [2.75, 3.05) is 38.8 Å². The number of alkyl halides is 1. The van der Waals surface area contributed by atoms with Crippen LogP contribution in [0.15, 0.2) is 39.5 Å². The zero-order valence-corrected chi connectivity index (χ0v) is 19.0. The molecule has 0 radical (unpaired) electrons. The number of carbonyl (C=O) groups is 1. The van der Waals surface area contributed by atoms with E-state index in [-0.39, 0.29) is 8.54 Å². The van der Waals surface area contributed by atoms with E-state index >= 15 is 0 Å². The van der Waals surface area contributed by atoms with Gasteiger partial charge in [-0.15, -0.1) is 0 Å². The monoisotopic (exact) mass is 520 g/mol. The highest BCUT2D eigenvalue weighted by Crippen LogP contribution is 2.28. The molecule has 154 valence electrons. The number of benzene rings is 1. The van der Waals surface area contributed by atoms with Crippen molar-refractivity contribution in [1.29, 1.82) is 0 Å². The lowest BCUT2D eigenvalue weighted by Crippen LogP contribution is -2.24. The predicted octanol–water partition coefficient (Wildman–Crippen LogP) is 4.07. The summed E-state index contributed by atoms with van der Waals surface area (Å²) in [5, 5.41) is 0.943. The zero-order valence-electron chi connectivity index (χ0n) is 16.1. The van der Waals surface area contributed by atoms with Gasteiger partial charge in [0.2, 0.25) is 5.12 Å². The number of thioether (sulfide) groups is 1. The Morgan fingerprint density at radius 1 is 1.14 bits per heavy atom. The van der Waals surface area contributed by atoms with E-state index in [0.29, 0.717) is 50.1 Å². The molecule has 0 aliphatic heterocycles. The first-order valence-corrected chi connectivity index (χ1v) is 11.2. The molecular weight excluding hydrogens is 495 g/mol. The van der Waals surface area contributed by atoms with E-state index < -0.39 is 5.63 Å². The molecule has 0 aliphatic rings. The molecule has 8 heteroatoms. The highest BCUT2D eigenvalue weighted by Gasteiger charge is 2.27. The summed E-state index contributed by atoms with van der Waals surface area (Å²) in [4.78, 5) is 23.5. The predicted molar refractivity (Wildman–Crippen MR) is 120 cm³/mol. The minimum atomic E-state index is -0.443. The molecule has 0 fully saturated rings. The molecule has 28 heavy (non-hydrogen) atoms. The van der Waals surface area contributed by atoms with Gasteiger partial charge in [0.25, 0.3) is 0 Å². The second-order valence-corrected chi connectivity index (χ2v) is 9.63. The third-order valence-corrected chi connectivity index (χ3v) is 6.72. The molecule has 1 atom stereocenters. The Morgan fingerprint density at radius 3 is 2.57 bits per heavy atom. The maximum absolute atomic E-state index is 12.0. The first-order valence-electron chi connectivity index (χ1n) is 9.11. The van der Waals surface area contributed by atoms with Gasteiger partial charge in [-0.2, -0.15) is 0 Å². The average molecular weight is 520 g/mol. The maximum Gasteiger partial charge on any atom is 0.339 e. The van der Waals surface area contributed by atoms with Crippen molar-refractivity contribution >= 4 is 50.4 Å². The Morgan fingerprint density at radius 2 is 1.82 bits per heavy atom. The Bertz CT molecular complexity index is 820. The van der Waals surface area contributed by atoms with E-state index in [1.165, 1.54) is 17.8 Å². The van der Waals surface area contributed by atoms with Gasteiger partial charge in [-0.25, -0.2) is 4.79 Å². The van der Waals surface area contributed by atoms with Gasteiger partial charge in [-0.1, -0.05) is 53.4 Å². The van der Waals surface area contributed by atoms with Crippen LogP contribution in [0.3, 0.4) is 0 Å². The van der Waals surface area contributed by atoms with E-state index in [1.807, 2.05) is 26.0 Å². The van der Waals surface area contributed by atoms with Gasteiger partial charge in [0, 0.05) is 5.75 Å². The number of rotatable bonds is 12. The number of para-hydroxylation sites is 1. The third-order valence-electron chi connectivity index (χ3n) is 4.02. The second kappa shape index (κ2) is 11.8. The van der Waals surface area contributed by atoms with E-state index in [9.17, 15) is 9.59 Å². The first-order chi connectivity index (χ1) is 13.4. The fourth-order valence-corrected chi connectivity index (χ4v) is 3.52. The van der Waals surface area contributed by atoms with Gasteiger partial charge in [0.05, 0.1) is 41.3 Å². The van der Waals surface area contributed by atoms with Crippen LogP contribution in [0, 0.1) is 0 Å². The molecule has 1 aromatic carbocycles. The highest BCUT2D eigenvalue weighted by molar-refractivity contribution is 14.1. The number of carbonyl (C=O) groups excluding carboxylic acids is 1. The van der Waals surface area contributed by atoms with Crippen molar-refractivity contribution in [1.82, 2.24) is 0 Å². The Kier molecular flexibility index (Phi) is 9.76. The van der Waals surface area contributed by atoms with Crippen molar-refractivity contribution in [2.24, 2.45) is 0 Å². The van der Waals surface area contributed by atoms with Gasteiger partial charge in [0.15, 0.2) is 0 Å². The lowest BCUT2D eigenvalue weighted by molar-refractivity contribution is -0.112. The van der Waals surface area contributed by atoms with Crippen molar-refractivity contribution in [2.45, 2.75) is 23.7 Å². The fraction of sp³-hybridized carbons (Fsp3) is 0.500. The molecule has 6 nitrogen and oxygen atoms in total. The van der Waals surface area contributed by atoms with Crippen molar-refractivity contribution in [3.05, 3.63) is 40.8 Å². The summed E-state index contributed by atoms with van der Waals surface area (Å²) in [6.45, 7) is 6.08. The van der Waals surface area contributed by atoms with Crippen LogP contribution in [-0.2, 0) is 14.3 Å². The quantitative estimate of drug-likeness (QED) is 0.181. The molecule has 0 N–H and O–H groups in total. The fourth-order valence-electron chi connectivity index (χ4n) is 2.22. The molecule has 1 aromatic heterocycles. The van der Waals surface area contributed by atoms with E-state index in [4.69, 9.17) is 18.6 Å². The Labute approximate surface area is 182 Å². The summed E-state index contributed by atoms with van der Waals surface area (Å²) in [6, 6.07) is 8.57. The minimum absolute atomic E-state index is 0.190. The van der Waals surface area contributed by atoms with E-state index in [1.54, 1.807) is 12.1 Å². The van der Waals surface area contributed by atoms with Crippen LogP contribution < -0.4 is 10.4 Å². The molecule has 0 aliphatic carbocycles. The Balaban J connectivity index is 1.56. The van der Waals surface area contributed by atoms with Crippen LogP contribution in [0.5, 0.6) is 5.75 Å². The average Bonchev–Trinajstić information content (AvgIpc) is 2.68. The van der Waals surface area contributed by atoms with Gasteiger partial charge < -0.3 is 18.6 Å². The molecule has 2 rings (SSSR count). The molecular formula is C20H25IO6S. The van der Waals surface area contributed by atoms with E-state index in [2.05, 4.69) is 22.6 Å². The number of halogens is 1. The third kappa shape index (κ3) is 7.38. The molecule has 1 heterocycles. The SMILES string of the molecule is CCC(C)(I)C(=O)SCCOCCOCCOc1cc(=O)oc2ccccc12. The summed E-state index contributed by atoms with van der Waals surface area (Å²) < 4.78 is 21.4. The lowest BCUT2D eigenvalue weighted by Gasteiger charge is -2.17. The van der Waals surface area contributed by atoms with Gasteiger partial charge in [-0.05, 0) is 25.5 Å². The summed E-state index contributed by atoms with van der Waals surface area (Å²) in [5.41, 5.74) is 0.0543. The van der Waals surface area contributed by atoms with Crippen molar-refractivity contribution < 1.29 is 23.4 Å². The molecule has 0 bridgehead atoms. The molecule has 0 saturated carbocycles. The lowest BCUT2D eigenvalue weighted by atomic mass is 10.1. The van der Waals surface area contributed by atoms with Crippen LogP contribution in [0.2, 0.25) is 0 Å². The highest BCUT2D eigenvalue weighted by atomic mass is 127. The molecule has 0 saturated heterocycles. The second-order valence-electron chi connectivity index (χ2n) is 6.19. The number of hydrogen-bond acceptors (Lipinski definition) is 7. The summed E-state index contributed by atoms with van der Waals surface area (Å²) in [6.07, 6.45) is 0.819. The van der Waals surface area contributed by atoms with Crippen LogP contribution in [-0.4, -0.2) is 47.3 Å². The first kappa shape index (κ1) is 23.2. The van der Waals surface area contributed by atoms with Crippen LogP contribution in [0.4, 0.5) is 0 Å². The smallest absolute Gasteiger partial charge is 0.339 e. The zero-order chi connectivity index (χ0) is 20.4. The molecule has 0 spiro atoms. The standard InChI is InChI=1S/C20H25IO6S/c1-3-20(2,21)19(23)28-13-12-25-9-8-24-10-11-26-17-14-18(22)27-16-7-5-4-6-15(16)17/h4-7,14H,3,8-13H2,1-2H3. The minimum Gasteiger partial charge on any atom is -0.490 e. The van der Waals surface area contributed by atoms with Gasteiger partial charge in [-0.3, -0.25) is 4.79 Å². The maximum atomic E-state index is 12.0. The normalized spacial score (nSPS) is 13.4. The Hall–Kier alpha value is -1.10. The van der Waals surface area contributed by atoms with Crippen LogP contribution in [0.25, 0.3) is 11.0 Å².